The maximum atomic E-state index is 10.8. The highest BCUT2D eigenvalue weighted by molar-refractivity contribution is 6.39. The number of nitro benzene ring substituents is 1. The lowest BCUT2D eigenvalue weighted by Gasteiger charge is -1.97. The summed E-state index contributed by atoms with van der Waals surface area (Å²) in [5.74, 6) is 0. The Morgan fingerprint density at radius 1 is 1.38 bits per heavy atom. The molecule has 0 fully saturated rings. The monoisotopic (exact) mass is 234 g/mol. The van der Waals surface area contributed by atoms with Gasteiger partial charge in [0.05, 0.1) is 4.92 Å². The Morgan fingerprint density at radius 2 is 2.06 bits per heavy atom. The fourth-order valence-corrected chi connectivity index (χ4v) is 1.82. The fourth-order valence-electron chi connectivity index (χ4n) is 1.51. The van der Waals surface area contributed by atoms with Gasteiger partial charge in [-0.05, 0) is 5.39 Å². The maximum absolute atomic E-state index is 10.8. The van der Waals surface area contributed by atoms with Crippen molar-refractivity contribution in [1.29, 1.82) is 5.39 Å². The van der Waals surface area contributed by atoms with Gasteiger partial charge in [0.1, 0.15) is 0 Å². The Bertz CT molecular complexity index is 634. The summed E-state index contributed by atoms with van der Waals surface area (Å²) in [4.78, 5) is 13.0. The number of fused-ring (bicyclic) bond motifs is 1. The lowest BCUT2D eigenvalue weighted by atomic mass is 10.1. The first-order chi connectivity index (χ1) is 7.65. The minimum Gasteiger partial charge on any atom is -0.258 e. The van der Waals surface area contributed by atoms with Crippen molar-refractivity contribution in [3.8, 4) is 0 Å². The van der Waals surface area contributed by atoms with Crippen molar-refractivity contribution in [1.82, 2.24) is 0 Å². The molecule has 0 spiro atoms. The van der Waals surface area contributed by atoms with Crippen molar-refractivity contribution in [3.05, 3.63) is 50.4 Å². The molecule has 0 saturated carbocycles. The molecule has 2 rings (SSSR count). The molecule has 0 aliphatic rings. The van der Waals surface area contributed by atoms with Gasteiger partial charge in [-0.2, -0.15) is 0 Å². The van der Waals surface area contributed by atoms with Crippen LogP contribution in [0.3, 0.4) is 0 Å². The van der Waals surface area contributed by atoms with Gasteiger partial charge in [-0.3, -0.25) is 10.1 Å². The van der Waals surface area contributed by atoms with Gasteiger partial charge in [-0.15, -0.1) is 0 Å². The second-order valence-electron chi connectivity index (χ2n) is 3.14. The molecular formula is C10H5ClN3O2+. The predicted molar refractivity (Wildman–Crippen MR) is 60.4 cm³/mol. The normalized spacial score (nSPS) is 10.0. The number of nitrogens with zero attached hydrogens (tertiary/aromatic N) is 3. The third kappa shape index (κ3) is 1.45. The second-order valence-corrected chi connectivity index (χ2v) is 3.51. The van der Waals surface area contributed by atoms with E-state index in [-0.39, 0.29) is 16.4 Å². The fraction of sp³-hybridized carbons (Fsp3) is 0. The molecule has 0 heterocycles. The SMILES string of the molecule is N#[N+]c1c([N+](=O)[O-])cc2ccccc2c1Cl. The van der Waals surface area contributed by atoms with Crippen molar-refractivity contribution in [2.24, 2.45) is 0 Å². The second kappa shape index (κ2) is 3.76. The van der Waals surface area contributed by atoms with Gasteiger partial charge in [-0.1, -0.05) is 35.9 Å². The Balaban J connectivity index is 2.94. The van der Waals surface area contributed by atoms with Crippen LogP contribution in [0.25, 0.3) is 15.7 Å². The lowest BCUT2D eigenvalue weighted by Crippen LogP contribution is -1.89. The Morgan fingerprint density at radius 3 is 2.69 bits per heavy atom. The van der Waals surface area contributed by atoms with E-state index in [9.17, 15) is 10.1 Å². The van der Waals surface area contributed by atoms with Crippen molar-refractivity contribution in [2.45, 2.75) is 0 Å². The van der Waals surface area contributed by atoms with Gasteiger partial charge in [0, 0.05) is 11.5 Å². The van der Waals surface area contributed by atoms with Crippen LogP contribution < -0.4 is 0 Å². The number of diazo groups is 1. The summed E-state index contributed by atoms with van der Waals surface area (Å²) in [5, 5.41) is 20.8. The molecule has 16 heavy (non-hydrogen) atoms. The van der Waals surface area contributed by atoms with Gasteiger partial charge < -0.3 is 0 Å². The molecule has 0 unspecified atom stereocenters. The lowest BCUT2D eigenvalue weighted by molar-refractivity contribution is -0.383. The molecule has 6 heteroatoms. The van der Waals surface area contributed by atoms with Crippen LogP contribution in [-0.2, 0) is 0 Å². The standard InChI is InChI=1S/C10H5ClN3O2/c11-9-7-4-2-1-3-6(7)5-8(14(15)16)10(9)13-12/h1-5H/q+1. The largest absolute Gasteiger partial charge is 0.480 e. The van der Waals surface area contributed by atoms with Crippen LogP contribution in [0.15, 0.2) is 30.3 Å². The van der Waals surface area contributed by atoms with E-state index in [1.807, 2.05) is 0 Å². The Hall–Kier alpha value is -2.19. The number of halogens is 1. The summed E-state index contributed by atoms with van der Waals surface area (Å²) in [7, 11) is 0. The summed E-state index contributed by atoms with van der Waals surface area (Å²) < 4.78 is 0. The highest BCUT2D eigenvalue weighted by atomic mass is 35.5. The van der Waals surface area contributed by atoms with Gasteiger partial charge >= 0.3 is 11.4 Å². The topological polar surface area (TPSA) is 71.3 Å². The van der Waals surface area contributed by atoms with Crippen LogP contribution in [0.2, 0.25) is 5.02 Å². The summed E-state index contributed by atoms with van der Waals surface area (Å²) in [5.41, 5.74) is -0.531. The van der Waals surface area contributed by atoms with Gasteiger partial charge in [0.2, 0.25) is 5.39 Å². The first kappa shape index (κ1) is 10.3. The van der Waals surface area contributed by atoms with Crippen molar-refractivity contribution >= 4 is 33.7 Å². The molecule has 0 amide bonds. The molecule has 0 aliphatic carbocycles. The predicted octanol–water partition coefficient (Wildman–Crippen LogP) is 3.89. The van der Waals surface area contributed by atoms with Crippen LogP contribution in [0.4, 0.5) is 11.4 Å². The third-order valence-electron chi connectivity index (χ3n) is 2.24. The smallest absolute Gasteiger partial charge is 0.258 e. The zero-order chi connectivity index (χ0) is 11.7. The molecule has 2 aromatic carbocycles. The first-order valence-electron chi connectivity index (χ1n) is 4.36. The number of benzene rings is 2. The number of hydrogen-bond donors (Lipinski definition) is 0. The van der Waals surface area contributed by atoms with Gasteiger partial charge in [-0.25, -0.2) is 0 Å². The average Bonchev–Trinajstić information content (AvgIpc) is 2.29. The van der Waals surface area contributed by atoms with Gasteiger partial charge in [0.25, 0.3) is 0 Å². The van der Waals surface area contributed by atoms with Crippen molar-refractivity contribution in [3.63, 3.8) is 0 Å². The van der Waals surface area contributed by atoms with Crippen LogP contribution in [0.1, 0.15) is 0 Å². The van der Waals surface area contributed by atoms with E-state index in [1.54, 1.807) is 24.3 Å². The van der Waals surface area contributed by atoms with Crippen molar-refractivity contribution in [2.75, 3.05) is 0 Å². The molecule has 0 atom stereocenters. The first-order valence-corrected chi connectivity index (χ1v) is 4.73. The average molecular weight is 235 g/mol. The van der Waals surface area contributed by atoms with E-state index in [0.29, 0.717) is 10.8 Å². The molecule has 0 radical (unpaired) electrons. The van der Waals surface area contributed by atoms with Crippen molar-refractivity contribution < 1.29 is 4.92 Å². The maximum Gasteiger partial charge on any atom is 0.480 e. The van der Waals surface area contributed by atoms with E-state index in [2.05, 4.69) is 4.98 Å². The highest BCUT2D eigenvalue weighted by Gasteiger charge is 2.30. The van der Waals surface area contributed by atoms with E-state index >= 15 is 0 Å². The van der Waals surface area contributed by atoms with Crippen LogP contribution in [0.5, 0.6) is 0 Å². The third-order valence-corrected chi connectivity index (χ3v) is 2.62. The molecule has 78 valence electrons. The summed E-state index contributed by atoms with van der Waals surface area (Å²) in [6.07, 6.45) is 0. The molecule has 2 aromatic rings. The zero-order valence-corrected chi connectivity index (χ0v) is 8.68. The molecule has 0 N–H and O–H groups in total. The van der Waals surface area contributed by atoms with E-state index in [0.717, 1.165) is 0 Å². The number of rotatable bonds is 1. The quantitative estimate of drug-likeness (QED) is 0.427. The van der Waals surface area contributed by atoms with Crippen LogP contribution >= 0.6 is 11.6 Å². The summed E-state index contributed by atoms with van der Waals surface area (Å²) in [6, 6.07) is 8.24. The molecule has 0 saturated heterocycles. The van der Waals surface area contributed by atoms with Crippen LogP contribution in [0, 0.1) is 15.5 Å². The minimum atomic E-state index is -0.632. The number of nitro groups is 1. The molecule has 5 nitrogen and oxygen atoms in total. The molecule has 0 bridgehead atoms. The van der Waals surface area contributed by atoms with E-state index < -0.39 is 4.92 Å². The molecule has 0 aromatic heterocycles. The Labute approximate surface area is 95.0 Å². The zero-order valence-electron chi connectivity index (χ0n) is 7.92. The minimum absolute atomic E-state index is 0.0762. The molecular weight excluding hydrogens is 230 g/mol. The highest BCUT2D eigenvalue weighted by Crippen LogP contribution is 2.40. The van der Waals surface area contributed by atoms with Crippen LogP contribution in [-0.4, -0.2) is 4.92 Å². The molecule has 0 aliphatic heterocycles. The summed E-state index contributed by atoms with van der Waals surface area (Å²) in [6.45, 7) is 0. The van der Waals surface area contributed by atoms with Gasteiger partial charge in [0.15, 0.2) is 10.00 Å². The summed E-state index contributed by atoms with van der Waals surface area (Å²) >= 11 is 5.93. The van der Waals surface area contributed by atoms with E-state index in [4.69, 9.17) is 17.0 Å². The Kier molecular flexibility index (Phi) is 2.43. The number of hydrogen-bond acceptors (Lipinski definition) is 3. The van der Waals surface area contributed by atoms with E-state index in [1.165, 1.54) is 6.07 Å².